The quantitative estimate of drug-likeness (QED) is 0.766. The number of nitrogens with one attached hydrogen (secondary N) is 1. The summed E-state index contributed by atoms with van der Waals surface area (Å²) in [6, 6.07) is 0. The number of carbonyl (C=O) groups is 2. The van der Waals surface area contributed by atoms with E-state index in [-0.39, 0.29) is 25.0 Å². The molecule has 0 spiro atoms. The second-order valence-corrected chi connectivity index (χ2v) is 6.15. The first kappa shape index (κ1) is 17.7. The average Bonchev–Trinajstić information content (AvgIpc) is 2.66. The Balaban J connectivity index is 2.48. The molecule has 21 heavy (non-hydrogen) atoms. The molecule has 0 aromatic rings. The first-order valence-electron chi connectivity index (χ1n) is 6.77. The van der Waals surface area contributed by atoms with Crippen LogP contribution in [0.25, 0.3) is 0 Å². The van der Waals surface area contributed by atoms with Gasteiger partial charge >= 0.3 is 6.18 Å². The van der Waals surface area contributed by atoms with E-state index in [2.05, 4.69) is 5.32 Å². The zero-order chi connectivity index (χ0) is 16.3. The van der Waals surface area contributed by atoms with E-state index in [9.17, 15) is 22.8 Å². The van der Waals surface area contributed by atoms with Gasteiger partial charge in [0.25, 0.3) is 0 Å². The summed E-state index contributed by atoms with van der Waals surface area (Å²) in [7, 11) is 0. The van der Waals surface area contributed by atoms with Crippen molar-refractivity contribution in [2.24, 2.45) is 11.3 Å². The number of amides is 2. The fraction of sp³-hybridized carbons (Fsp3) is 0.846. The van der Waals surface area contributed by atoms with Crippen LogP contribution in [0.2, 0.25) is 0 Å². The lowest BCUT2D eigenvalue weighted by atomic mass is 9.89. The predicted molar refractivity (Wildman–Crippen MR) is 69.2 cm³/mol. The van der Waals surface area contributed by atoms with Gasteiger partial charge in [-0.3, -0.25) is 9.59 Å². The highest BCUT2D eigenvalue weighted by molar-refractivity contribution is 5.89. The minimum atomic E-state index is -4.45. The first-order chi connectivity index (χ1) is 9.54. The molecule has 1 aliphatic rings. The van der Waals surface area contributed by atoms with Crippen LogP contribution in [0.15, 0.2) is 0 Å². The number of aliphatic hydroxyl groups excluding tert-OH is 1. The highest BCUT2D eigenvalue weighted by atomic mass is 19.4. The first-order valence-corrected chi connectivity index (χ1v) is 6.77. The van der Waals surface area contributed by atoms with Gasteiger partial charge in [0.15, 0.2) is 0 Å². The molecule has 1 aliphatic heterocycles. The van der Waals surface area contributed by atoms with Crippen molar-refractivity contribution < 1.29 is 27.9 Å². The fourth-order valence-corrected chi connectivity index (χ4v) is 2.18. The van der Waals surface area contributed by atoms with Gasteiger partial charge in [-0.05, 0) is 11.8 Å². The minimum Gasteiger partial charge on any atom is -0.396 e. The van der Waals surface area contributed by atoms with Gasteiger partial charge < -0.3 is 15.3 Å². The summed E-state index contributed by atoms with van der Waals surface area (Å²) in [5.41, 5.74) is -0.307. The molecule has 0 bridgehead atoms. The number of halogens is 3. The summed E-state index contributed by atoms with van der Waals surface area (Å²) in [5, 5.41) is 11.5. The maximum Gasteiger partial charge on any atom is 0.406 e. The predicted octanol–water partition coefficient (Wildman–Crippen LogP) is 0.922. The second kappa shape index (κ2) is 6.64. The molecule has 2 N–H and O–H groups in total. The standard InChI is InChI=1S/C13H21F3N2O3/c1-12(2,3-4-19)7-17-11(21)9-5-10(20)18(6-9)8-13(14,15)16/h9,19H,3-8H2,1-2H3,(H,17,21). The molecule has 1 fully saturated rings. The van der Waals surface area contributed by atoms with E-state index in [0.717, 1.165) is 0 Å². The van der Waals surface area contributed by atoms with Crippen LogP contribution in [-0.2, 0) is 9.59 Å². The van der Waals surface area contributed by atoms with Gasteiger partial charge in [0.1, 0.15) is 6.54 Å². The van der Waals surface area contributed by atoms with Crippen LogP contribution in [0.1, 0.15) is 26.7 Å². The normalized spacial score (nSPS) is 20.0. The van der Waals surface area contributed by atoms with Gasteiger partial charge in [-0.2, -0.15) is 13.2 Å². The Kier molecular flexibility index (Phi) is 5.61. The maximum absolute atomic E-state index is 12.3. The summed E-state index contributed by atoms with van der Waals surface area (Å²) >= 11 is 0. The third kappa shape index (κ3) is 5.91. The summed E-state index contributed by atoms with van der Waals surface area (Å²) in [4.78, 5) is 24.1. The molecule has 0 aromatic carbocycles. The number of nitrogens with zero attached hydrogens (tertiary/aromatic N) is 1. The number of rotatable bonds is 6. The number of hydrogen-bond acceptors (Lipinski definition) is 3. The van der Waals surface area contributed by atoms with Gasteiger partial charge in [0, 0.05) is 26.1 Å². The van der Waals surface area contributed by atoms with Gasteiger partial charge in [0.05, 0.1) is 5.92 Å². The molecule has 0 aromatic heterocycles. The van der Waals surface area contributed by atoms with Crippen molar-refractivity contribution in [2.75, 3.05) is 26.2 Å². The van der Waals surface area contributed by atoms with Gasteiger partial charge in [-0.1, -0.05) is 13.8 Å². The molecule has 1 heterocycles. The lowest BCUT2D eigenvalue weighted by Gasteiger charge is -2.24. The lowest BCUT2D eigenvalue weighted by Crippen LogP contribution is -2.40. The van der Waals surface area contributed by atoms with Gasteiger partial charge in [0.2, 0.25) is 11.8 Å². The molecule has 0 saturated carbocycles. The maximum atomic E-state index is 12.3. The van der Waals surface area contributed by atoms with E-state index >= 15 is 0 Å². The number of aliphatic hydroxyl groups is 1. The van der Waals surface area contributed by atoms with Crippen molar-refractivity contribution in [1.82, 2.24) is 10.2 Å². The lowest BCUT2D eigenvalue weighted by molar-refractivity contribution is -0.157. The van der Waals surface area contributed by atoms with Crippen LogP contribution >= 0.6 is 0 Å². The molecule has 8 heteroatoms. The molecule has 0 radical (unpaired) electrons. The van der Waals surface area contributed by atoms with Crippen LogP contribution in [0, 0.1) is 11.3 Å². The summed E-state index contributed by atoms with van der Waals surface area (Å²) in [5.74, 6) is -1.81. The van der Waals surface area contributed by atoms with E-state index in [1.54, 1.807) is 0 Å². The zero-order valence-corrected chi connectivity index (χ0v) is 12.2. The highest BCUT2D eigenvalue weighted by Gasteiger charge is 2.40. The van der Waals surface area contributed by atoms with E-state index in [0.29, 0.717) is 17.9 Å². The Morgan fingerprint density at radius 1 is 1.43 bits per heavy atom. The number of alkyl halides is 3. The highest BCUT2D eigenvalue weighted by Crippen LogP contribution is 2.24. The third-order valence-electron chi connectivity index (χ3n) is 3.49. The third-order valence-corrected chi connectivity index (χ3v) is 3.49. The monoisotopic (exact) mass is 310 g/mol. The Hall–Kier alpha value is -1.31. The van der Waals surface area contributed by atoms with Crippen molar-refractivity contribution in [3.63, 3.8) is 0 Å². The van der Waals surface area contributed by atoms with E-state index < -0.39 is 30.5 Å². The SMILES string of the molecule is CC(C)(CCO)CNC(=O)C1CC(=O)N(CC(F)(F)F)C1. The van der Waals surface area contributed by atoms with Crippen molar-refractivity contribution in [1.29, 1.82) is 0 Å². The van der Waals surface area contributed by atoms with Crippen LogP contribution < -0.4 is 5.32 Å². The topological polar surface area (TPSA) is 69.6 Å². The van der Waals surface area contributed by atoms with Crippen LogP contribution in [0.4, 0.5) is 13.2 Å². The Morgan fingerprint density at radius 2 is 2.05 bits per heavy atom. The van der Waals surface area contributed by atoms with E-state index in [1.165, 1.54) is 0 Å². The number of hydrogen-bond donors (Lipinski definition) is 2. The van der Waals surface area contributed by atoms with Crippen molar-refractivity contribution in [3.05, 3.63) is 0 Å². The minimum absolute atomic E-state index is 0.00978. The van der Waals surface area contributed by atoms with E-state index in [4.69, 9.17) is 5.11 Å². The van der Waals surface area contributed by atoms with Crippen LogP contribution in [-0.4, -0.2) is 54.2 Å². The van der Waals surface area contributed by atoms with Crippen LogP contribution in [0.3, 0.4) is 0 Å². The molecule has 1 unspecified atom stereocenters. The molecule has 1 atom stereocenters. The smallest absolute Gasteiger partial charge is 0.396 e. The van der Waals surface area contributed by atoms with Gasteiger partial charge in [-0.25, -0.2) is 0 Å². The zero-order valence-electron chi connectivity index (χ0n) is 12.2. The van der Waals surface area contributed by atoms with Crippen molar-refractivity contribution in [3.8, 4) is 0 Å². The molecule has 5 nitrogen and oxygen atoms in total. The largest absolute Gasteiger partial charge is 0.406 e. The molecule has 1 saturated heterocycles. The Morgan fingerprint density at radius 3 is 2.57 bits per heavy atom. The fourth-order valence-electron chi connectivity index (χ4n) is 2.18. The Bertz CT molecular complexity index is 397. The number of carbonyl (C=O) groups excluding carboxylic acids is 2. The second-order valence-electron chi connectivity index (χ2n) is 6.15. The summed E-state index contributed by atoms with van der Waals surface area (Å²) in [6.45, 7) is 2.50. The van der Waals surface area contributed by atoms with Crippen LogP contribution in [0.5, 0.6) is 0 Å². The molecular weight excluding hydrogens is 289 g/mol. The summed E-state index contributed by atoms with van der Waals surface area (Å²) in [6.07, 6.45) is -4.15. The number of likely N-dealkylation sites (tertiary alicyclic amines) is 1. The molecule has 1 rings (SSSR count). The Labute approximate surface area is 121 Å². The van der Waals surface area contributed by atoms with E-state index in [1.807, 2.05) is 13.8 Å². The molecule has 122 valence electrons. The van der Waals surface area contributed by atoms with Crippen molar-refractivity contribution >= 4 is 11.8 Å². The summed E-state index contributed by atoms with van der Waals surface area (Å²) < 4.78 is 36.8. The molecule has 2 amide bonds. The average molecular weight is 310 g/mol. The van der Waals surface area contributed by atoms with Gasteiger partial charge in [-0.15, -0.1) is 0 Å². The molecule has 0 aliphatic carbocycles. The van der Waals surface area contributed by atoms with Crippen molar-refractivity contribution in [2.45, 2.75) is 32.9 Å². The molecular formula is C13H21F3N2O3.